The molecule has 2 unspecified atom stereocenters. The van der Waals surface area contributed by atoms with Crippen LogP contribution >= 0.6 is 0 Å². The third kappa shape index (κ3) is 6.28. The molecule has 3 aliphatic rings. The van der Waals surface area contributed by atoms with Crippen molar-refractivity contribution < 1.29 is 38.6 Å². The normalized spacial score (nSPS) is 24.6. The summed E-state index contributed by atoms with van der Waals surface area (Å²) in [6.45, 7) is 1.85. The lowest BCUT2D eigenvalue weighted by molar-refractivity contribution is -0.131. The molecule has 2 aromatic rings. The number of hydrogen-bond donors (Lipinski definition) is 3. The number of carbonyl (C=O) groups excluding carboxylic acids is 5. The summed E-state index contributed by atoms with van der Waals surface area (Å²) in [4.78, 5) is 66.5. The van der Waals surface area contributed by atoms with Gasteiger partial charge < -0.3 is 30.1 Å². The molecule has 1 saturated heterocycles. The van der Waals surface area contributed by atoms with E-state index in [2.05, 4.69) is 10.6 Å². The number of nitrogens with one attached hydrogen (secondary N) is 2. The van der Waals surface area contributed by atoms with E-state index in [1.807, 2.05) is 0 Å². The van der Waals surface area contributed by atoms with Gasteiger partial charge in [-0.15, -0.1) is 0 Å². The number of carbonyl (C=O) groups is 5. The maximum absolute atomic E-state index is 12.8. The average molecular weight is 592 g/mol. The highest BCUT2D eigenvalue weighted by Crippen LogP contribution is 2.30. The monoisotopic (exact) mass is 591 g/mol. The van der Waals surface area contributed by atoms with E-state index in [1.165, 1.54) is 16.0 Å². The Morgan fingerprint density at radius 2 is 1.70 bits per heavy atom. The van der Waals surface area contributed by atoms with Crippen LogP contribution in [0.15, 0.2) is 66.9 Å². The molecule has 0 aromatic heterocycles. The van der Waals surface area contributed by atoms with Crippen molar-refractivity contribution >= 4 is 29.7 Å². The summed E-state index contributed by atoms with van der Waals surface area (Å²) < 4.78 is 11.7. The van der Waals surface area contributed by atoms with Crippen LogP contribution in [0.5, 0.6) is 0 Å². The molecule has 0 aliphatic carbocycles. The number of rotatable bonds is 10. The van der Waals surface area contributed by atoms with Crippen LogP contribution in [0.3, 0.4) is 0 Å². The second-order valence-electron chi connectivity index (χ2n) is 10.6. The number of likely N-dealkylation sites (N-methyl/N-ethyl adjacent to an activating group) is 1. The number of ether oxygens (including phenoxy) is 2. The molecule has 6 amide bonds. The van der Waals surface area contributed by atoms with E-state index in [9.17, 15) is 29.1 Å². The fourth-order valence-electron chi connectivity index (χ4n) is 5.05. The standard InChI is InChI=1S/C30H33N5O8/c1-18-22(17-42-15-14-33(2)24(36)16-35-27(39)20-10-6-7-11-21(20)28(35)40)43-29(25(18)37)34-13-12-23(32-30(34)41)31-26(38)19-8-4-3-5-9-19/h3-13,18,22-23,25,29,37H,14-17H2,1-2H3,(H,31,38)(H,32,41)/t18?,22-,23?,25+,29-/m1/s1. The van der Waals surface area contributed by atoms with Crippen molar-refractivity contribution in [2.75, 3.05) is 33.4 Å². The van der Waals surface area contributed by atoms with E-state index in [0.29, 0.717) is 5.56 Å². The van der Waals surface area contributed by atoms with E-state index in [4.69, 9.17) is 9.47 Å². The first-order valence-electron chi connectivity index (χ1n) is 13.9. The first-order valence-corrected chi connectivity index (χ1v) is 13.9. The van der Waals surface area contributed by atoms with E-state index in [-0.39, 0.29) is 49.3 Å². The van der Waals surface area contributed by atoms with E-state index < -0.39 is 48.4 Å². The van der Waals surface area contributed by atoms with Crippen LogP contribution in [0.4, 0.5) is 4.79 Å². The predicted octanol–water partition coefficient (Wildman–Crippen LogP) is 0.775. The Labute approximate surface area is 248 Å². The number of aliphatic hydroxyl groups is 1. The van der Waals surface area contributed by atoms with Gasteiger partial charge in [-0.05, 0) is 30.3 Å². The Kier molecular flexibility index (Phi) is 8.85. The fraction of sp³-hybridized carbons (Fsp3) is 0.367. The molecule has 3 aliphatic heterocycles. The molecular formula is C30H33N5O8. The molecule has 0 bridgehead atoms. The fourth-order valence-corrected chi connectivity index (χ4v) is 5.05. The lowest BCUT2D eigenvalue weighted by Gasteiger charge is -2.33. The van der Waals surface area contributed by atoms with Crippen molar-refractivity contribution in [2.45, 2.75) is 31.5 Å². The Morgan fingerprint density at radius 3 is 2.35 bits per heavy atom. The molecule has 226 valence electrons. The smallest absolute Gasteiger partial charge is 0.325 e. The lowest BCUT2D eigenvalue weighted by atomic mass is 10.0. The van der Waals surface area contributed by atoms with Crippen LogP contribution in [0.1, 0.15) is 38.0 Å². The zero-order chi connectivity index (χ0) is 30.7. The molecule has 5 atom stereocenters. The molecule has 3 heterocycles. The van der Waals surface area contributed by atoms with Crippen LogP contribution in [-0.2, 0) is 14.3 Å². The van der Waals surface area contributed by atoms with Gasteiger partial charge in [0.1, 0.15) is 18.8 Å². The van der Waals surface area contributed by atoms with Gasteiger partial charge in [-0.1, -0.05) is 37.3 Å². The minimum Gasteiger partial charge on any atom is -0.388 e. The second kappa shape index (κ2) is 12.7. The zero-order valence-electron chi connectivity index (χ0n) is 23.7. The van der Waals surface area contributed by atoms with Gasteiger partial charge in [0.05, 0.1) is 30.4 Å². The predicted molar refractivity (Wildman–Crippen MR) is 151 cm³/mol. The molecule has 2 aromatic carbocycles. The summed E-state index contributed by atoms with van der Waals surface area (Å²) in [5.74, 6) is -2.12. The van der Waals surface area contributed by atoms with Crippen LogP contribution in [0, 0.1) is 5.92 Å². The summed E-state index contributed by atoms with van der Waals surface area (Å²) in [7, 11) is 1.55. The highest BCUT2D eigenvalue weighted by Gasteiger charge is 2.46. The van der Waals surface area contributed by atoms with Gasteiger partial charge in [-0.3, -0.25) is 29.0 Å². The molecule has 0 radical (unpaired) electrons. The van der Waals surface area contributed by atoms with Gasteiger partial charge in [0.25, 0.3) is 17.7 Å². The zero-order valence-corrected chi connectivity index (χ0v) is 23.7. The van der Waals surface area contributed by atoms with Gasteiger partial charge in [0, 0.05) is 31.3 Å². The Balaban J connectivity index is 1.06. The van der Waals surface area contributed by atoms with Crippen molar-refractivity contribution in [1.29, 1.82) is 0 Å². The molecule has 0 spiro atoms. The summed E-state index contributed by atoms with van der Waals surface area (Å²) in [5.41, 5.74) is 1.02. The third-order valence-electron chi connectivity index (χ3n) is 7.73. The highest BCUT2D eigenvalue weighted by atomic mass is 16.6. The average Bonchev–Trinajstić information content (AvgIpc) is 3.42. The number of amides is 6. The number of nitrogens with zero attached hydrogens (tertiary/aromatic N) is 3. The summed E-state index contributed by atoms with van der Waals surface area (Å²) >= 11 is 0. The lowest BCUT2D eigenvalue weighted by Crippen LogP contribution is -2.57. The topological polar surface area (TPSA) is 158 Å². The molecule has 5 rings (SSSR count). The Bertz CT molecular complexity index is 1400. The van der Waals surface area contributed by atoms with Crippen LogP contribution in [0.25, 0.3) is 0 Å². The van der Waals surface area contributed by atoms with Gasteiger partial charge >= 0.3 is 6.03 Å². The van der Waals surface area contributed by atoms with Crippen molar-refractivity contribution in [3.05, 3.63) is 83.6 Å². The molecule has 13 heteroatoms. The maximum atomic E-state index is 12.8. The van der Waals surface area contributed by atoms with E-state index >= 15 is 0 Å². The number of imide groups is 1. The van der Waals surface area contributed by atoms with Crippen LogP contribution in [-0.4, -0.2) is 107 Å². The minimum atomic E-state index is -0.997. The third-order valence-corrected chi connectivity index (χ3v) is 7.73. The molecule has 3 N–H and O–H groups in total. The molecule has 13 nitrogen and oxygen atoms in total. The van der Waals surface area contributed by atoms with Crippen molar-refractivity contribution in [2.24, 2.45) is 5.92 Å². The summed E-state index contributed by atoms with van der Waals surface area (Å²) in [6.07, 6.45) is -0.174. The van der Waals surface area contributed by atoms with Gasteiger partial charge in [0.2, 0.25) is 5.91 Å². The largest absolute Gasteiger partial charge is 0.388 e. The first kappa shape index (κ1) is 29.9. The van der Waals surface area contributed by atoms with Gasteiger partial charge in [-0.2, -0.15) is 0 Å². The van der Waals surface area contributed by atoms with Gasteiger partial charge in [0.15, 0.2) is 6.23 Å². The van der Waals surface area contributed by atoms with Gasteiger partial charge in [-0.25, -0.2) is 4.79 Å². The van der Waals surface area contributed by atoms with Crippen LogP contribution in [0.2, 0.25) is 0 Å². The molecule has 43 heavy (non-hydrogen) atoms. The molecule has 1 fully saturated rings. The highest BCUT2D eigenvalue weighted by molar-refractivity contribution is 6.22. The second-order valence-corrected chi connectivity index (χ2v) is 10.6. The number of benzene rings is 2. The summed E-state index contributed by atoms with van der Waals surface area (Å²) in [6, 6.07) is 14.5. The Hall–Kier alpha value is -4.59. The van der Waals surface area contributed by atoms with E-state index in [0.717, 1.165) is 4.90 Å². The molecule has 0 saturated carbocycles. The Morgan fingerprint density at radius 1 is 1.05 bits per heavy atom. The van der Waals surface area contributed by atoms with Crippen molar-refractivity contribution in [1.82, 2.24) is 25.3 Å². The number of fused-ring (bicyclic) bond motifs is 1. The number of aliphatic hydroxyl groups excluding tert-OH is 1. The van der Waals surface area contributed by atoms with Crippen LogP contribution < -0.4 is 10.6 Å². The summed E-state index contributed by atoms with van der Waals surface area (Å²) in [5, 5.41) is 16.2. The SMILES string of the molecule is CC1[C@@H](COCCN(C)C(=O)CN2C(=O)c3ccccc3C2=O)O[C@@H](N2C=CC(NC(=O)c3ccccc3)NC2=O)[C@H]1O. The van der Waals surface area contributed by atoms with Crippen molar-refractivity contribution in [3.63, 3.8) is 0 Å². The quantitative estimate of drug-likeness (QED) is 0.270. The minimum absolute atomic E-state index is 0.101. The first-order chi connectivity index (χ1) is 20.7. The van der Waals surface area contributed by atoms with E-state index in [1.54, 1.807) is 74.6 Å². The number of hydrogen-bond acceptors (Lipinski definition) is 8. The molecular weight excluding hydrogens is 558 g/mol. The van der Waals surface area contributed by atoms with Crippen molar-refractivity contribution in [3.8, 4) is 0 Å². The number of urea groups is 1. The maximum Gasteiger partial charge on any atom is 0.325 e.